The molecule has 0 saturated carbocycles. The zero-order valence-electron chi connectivity index (χ0n) is 10.5. The van der Waals surface area contributed by atoms with Gasteiger partial charge >= 0.3 is 5.97 Å². The van der Waals surface area contributed by atoms with Crippen molar-refractivity contribution in [1.82, 2.24) is 0 Å². The average Bonchev–Trinajstić information content (AvgIpc) is 2.37. The van der Waals surface area contributed by atoms with Crippen molar-refractivity contribution in [1.29, 1.82) is 0 Å². The average molecular weight is 317 g/mol. The lowest BCUT2D eigenvalue weighted by atomic mass is 10.0. The third kappa shape index (κ3) is 3.38. The van der Waals surface area contributed by atoms with E-state index < -0.39 is 5.97 Å². The molecule has 0 aliphatic heterocycles. The number of carboxylic acids is 1. The van der Waals surface area contributed by atoms with E-state index in [1.807, 2.05) is 6.92 Å². The molecule has 1 aromatic carbocycles. The molecule has 0 unspecified atom stereocenters. The summed E-state index contributed by atoms with van der Waals surface area (Å²) in [5.41, 5.74) is 0.934. The molecule has 5 heteroatoms. The van der Waals surface area contributed by atoms with Crippen LogP contribution in [0.15, 0.2) is 12.1 Å². The van der Waals surface area contributed by atoms with Gasteiger partial charge in [-0.25, -0.2) is 4.79 Å². The fourth-order valence-corrected chi connectivity index (χ4v) is 1.96. The maximum atomic E-state index is 11.1. The molecule has 0 aliphatic carbocycles. The fourth-order valence-electron chi connectivity index (χ4n) is 1.73. The van der Waals surface area contributed by atoms with E-state index in [1.54, 1.807) is 12.1 Å². The molecule has 0 fully saturated rings. The monoisotopic (exact) mass is 316 g/mol. The number of carbonyl (C=O) groups is 1. The Morgan fingerprint density at radius 2 is 2.17 bits per heavy atom. The van der Waals surface area contributed by atoms with Gasteiger partial charge in [-0.15, -0.1) is 0 Å². The molecule has 0 atom stereocenters. The number of carboxylic acid groups (broad SMARTS) is 1. The standard InChI is InChI=1S/C13H17BrO4/c1-3-9-10(13(15)16)5-6-11(12(9)17-2)18-8-4-7-14/h5-6H,3-4,7-8H2,1-2H3,(H,15,16). The summed E-state index contributed by atoms with van der Waals surface area (Å²) in [5, 5.41) is 9.98. The van der Waals surface area contributed by atoms with Crippen molar-refractivity contribution in [2.45, 2.75) is 19.8 Å². The number of alkyl halides is 1. The van der Waals surface area contributed by atoms with E-state index in [0.717, 1.165) is 11.8 Å². The van der Waals surface area contributed by atoms with Crippen LogP contribution in [0.1, 0.15) is 29.3 Å². The SMILES string of the molecule is CCc1c(C(=O)O)ccc(OCCCBr)c1OC. The topological polar surface area (TPSA) is 55.8 Å². The van der Waals surface area contributed by atoms with Crippen LogP contribution in [0.25, 0.3) is 0 Å². The van der Waals surface area contributed by atoms with Gasteiger partial charge in [0.2, 0.25) is 0 Å². The Balaban J connectivity index is 3.09. The largest absolute Gasteiger partial charge is 0.493 e. The van der Waals surface area contributed by atoms with Crippen LogP contribution in [0.2, 0.25) is 0 Å². The maximum absolute atomic E-state index is 11.1. The van der Waals surface area contributed by atoms with E-state index >= 15 is 0 Å². The smallest absolute Gasteiger partial charge is 0.336 e. The molecule has 1 aromatic rings. The number of hydrogen-bond acceptors (Lipinski definition) is 3. The number of hydrogen-bond donors (Lipinski definition) is 1. The third-order valence-corrected chi connectivity index (χ3v) is 3.11. The van der Waals surface area contributed by atoms with E-state index in [4.69, 9.17) is 14.6 Å². The lowest BCUT2D eigenvalue weighted by Gasteiger charge is -2.15. The normalized spacial score (nSPS) is 10.2. The van der Waals surface area contributed by atoms with Gasteiger partial charge in [-0.2, -0.15) is 0 Å². The lowest BCUT2D eigenvalue weighted by molar-refractivity contribution is 0.0695. The van der Waals surface area contributed by atoms with E-state index in [9.17, 15) is 4.79 Å². The van der Waals surface area contributed by atoms with E-state index in [2.05, 4.69) is 15.9 Å². The Morgan fingerprint density at radius 3 is 2.67 bits per heavy atom. The van der Waals surface area contributed by atoms with Gasteiger partial charge in [0, 0.05) is 10.9 Å². The lowest BCUT2D eigenvalue weighted by Crippen LogP contribution is -2.07. The van der Waals surface area contributed by atoms with Crippen molar-refractivity contribution in [3.05, 3.63) is 23.3 Å². The number of methoxy groups -OCH3 is 1. The molecule has 0 aromatic heterocycles. The summed E-state index contributed by atoms with van der Waals surface area (Å²) in [6, 6.07) is 3.21. The molecule has 0 radical (unpaired) electrons. The predicted octanol–water partition coefficient (Wildman–Crippen LogP) is 3.12. The molecule has 1 rings (SSSR count). The van der Waals surface area contributed by atoms with Gasteiger partial charge in [-0.3, -0.25) is 0 Å². The molecule has 0 amide bonds. The first-order valence-corrected chi connectivity index (χ1v) is 6.89. The van der Waals surface area contributed by atoms with Gasteiger partial charge in [0.15, 0.2) is 11.5 Å². The Bertz CT molecular complexity index is 418. The minimum absolute atomic E-state index is 0.266. The Labute approximate surface area is 115 Å². The molecule has 0 aliphatic rings. The quantitative estimate of drug-likeness (QED) is 0.620. The van der Waals surface area contributed by atoms with Gasteiger partial charge in [-0.1, -0.05) is 22.9 Å². The number of rotatable bonds is 7. The molecule has 100 valence electrons. The van der Waals surface area contributed by atoms with Crippen LogP contribution < -0.4 is 9.47 Å². The van der Waals surface area contributed by atoms with Gasteiger partial charge in [0.1, 0.15) is 0 Å². The summed E-state index contributed by atoms with van der Waals surface area (Å²) in [6.07, 6.45) is 1.46. The Hall–Kier alpha value is -1.23. The van der Waals surface area contributed by atoms with Crippen LogP contribution in [0.5, 0.6) is 11.5 Å². The maximum Gasteiger partial charge on any atom is 0.336 e. The summed E-state index contributed by atoms with van der Waals surface area (Å²) in [5.74, 6) is 0.171. The van der Waals surface area contributed by atoms with Crippen molar-refractivity contribution in [2.75, 3.05) is 19.0 Å². The molecule has 0 bridgehead atoms. The first-order valence-electron chi connectivity index (χ1n) is 5.77. The number of halogens is 1. The first kappa shape index (κ1) is 14.8. The van der Waals surface area contributed by atoms with Crippen LogP contribution in [-0.4, -0.2) is 30.1 Å². The summed E-state index contributed by atoms with van der Waals surface area (Å²) < 4.78 is 10.9. The number of ether oxygens (including phenoxy) is 2. The summed E-state index contributed by atoms with van der Waals surface area (Å²) in [7, 11) is 1.53. The van der Waals surface area contributed by atoms with Gasteiger partial charge in [0.25, 0.3) is 0 Å². The Morgan fingerprint density at radius 1 is 1.44 bits per heavy atom. The zero-order valence-corrected chi connectivity index (χ0v) is 12.1. The van der Waals surface area contributed by atoms with Crippen LogP contribution in [0.4, 0.5) is 0 Å². The summed E-state index contributed by atoms with van der Waals surface area (Å²) in [6.45, 7) is 2.46. The number of aromatic carboxylic acids is 1. The minimum atomic E-state index is -0.947. The summed E-state index contributed by atoms with van der Waals surface area (Å²) >= 11 is 3.33. The minimum Gasteiger partial charge on any atom is -0.493 e. The molecule has 18 heavy (non-hydrogen) atoms. The molecule has 0 spiro atoms. The Kier molecular flexibility index (Phi) is 5.98. The highest BCUT2D eigenvalue weighted by Gasteiger charge is 2.17. The highest BCUT2D eigenvalue weighted by atomic mass is 79.9. The highest BCUT2D eigenvalue weighted by molar-refractivity contribution is 9.09. The van der Waals surface area contributed by atoms with Crippen molar-refractivity contribution in [3.8, 4) is 11.5 Å². The zero-order chi connectivity index (χ0) is 13.5. The van der Waals surface area contributed by atoms with Crippen LogP contribution in [0, 0.1) is 0 Å². The molecule has 4 nitrogen and oxygen atoms in total. The molecule has 0 heterocycles. The van der Waals surface area contributed by atoms with Gasteiger partial charge in [0.05, 0.1) is 19.3 Å². The second kappa shape index (κ2) is 7.26. The fraction of sp³-hybridized carbons (Fsp3) is 0.462. The van der Waals surface area contributed by atoms with Gasteiger partial charge < -0.3 is 14.6 Å². The van der Waals surface area contributed by atoms with Crippen molar-refractivity contribution in [2.24, 2.45) is 0 Å². The van der Waals surface area contributed by atoms with Crippen molar-refractivity contribution >= 4 is 21.9 Å². The third-order valence-electron chi connectivity index (χ3n) is 2.55. The second-order valence-corrected chi connectivity index (χ2v) is 4.47. The number of benzene rings is 1. The van der Waals surface area contributed by atoms with E-state index in [0.29, 0.717) is 30.1 Å². The van der Waals surface area contributed by atoms with Crippen LogP contribution >= 0.6 is 15.9 Å². The molecule has 1 N–H and O–H groups in total. The van der Waals surface area contributed by atoms with E-state index in [-0.39, 0.29) is 5.56 Å². The molecule has 0 saturated heterocycles. The highest BCUT2D eigenvalue weighted by Crippen LogP contribution is 2.34. The second-order valence-electron chi connectivity index (χ2n) is 3.67. The van der Waals surface area contributed by atoms with Crippen LogP contribution in [0.3, 0.4) is 0 Å². The molecular weight excluding hydrogens is 300 g/mol. The van der Waals surface area contributed by atoms with Crippen LogP contribution in [-0.2, 0) is 6.42 Å². The van der Waals surface area contributed by atoms with Gasteiger partial charge in [-0.05, 0) is 25.0 Å². The van der Waals surface area contributed by atoms with E-state index in [1.165, 1.54) is 7.11 Å². The van der Waals surface area contributed by atoms with Crippen molar-refractivity contribution < 1.29 is 19.4 Å². The molecular formula is C13H17BrO4. The predicted molar refractivity (Wildman–Crippen MR) is 73.2 cm³/mol. The summed E-state index contributed by atoms with van der Waals surface area (Å²) in [4.78, 5) is 11.1. The van der Waals surface area contributed by atoms with Crippen molar-refractivity contribution in [3.63, 3.8) is 0 Å². The first-order chi connectivity index (χ1) is 8.65.